The molecule has 1 aliphatic rings. The number of fused-ring (bicyclic) bond motifs is 3. The van der Waals surface area contributed by atoms with Crippen molar-refractivity contribution in [2.75, 3.05) is 25.4 Å². The standard InChI is InChI=1S/C11H15N3S2.2ClH/c1-2-14-5-3-7-8(4-6-14)15-10-9(7)16-11(12)13-10;;/h2-6H2,1H3,(H2,12,13);2*1H. The summed E-state index contributed by atoms with van der Waals surface area (Å²) in [4.78, 5) is 9.59. The molecule has 7 heteroatoms. The third-order valence-corrected chi connectivity index (χ3v) is 5.48. The maximum Gasteiger partial charge on any atom is 0.181 e. The van der Waals surface area contributed by atoms with Crippen molar-refractivity contribution in [2.24, 2.45) is 0 Å². The van der Waals surface area contributed by atoms with Crippen LogP contribution in [0.5, 0.6) is 0 Å². The van der Waals surface area contributed by atoms with E-state index in [0.29, 0.717) is 5.13 Å². The lowest BCUT2D eigenvalue weighted by atomic mass is 10.2. The number of nitrogens with two attached hydrogens (primary N) is 1. The normalized spacial score (nSPS) is 15.6. The van der Waals surface area contributed by atoms with Gasteiger partial charge in [-0.3, -0.25) is 0 Å². The van der Waals surface area contributed by atoms with Crippen LogP contribution in [0.1, 0.15) is 17.4 Å². The van der Waals surface area contributed by atoms with E-state index in [-0.39, 0.29) is 24.8 Å². The number of thiophene rings is 1. The van der Waals surface area contributed by atoms with Crippen LogP contribution in [-0.4, -0.2) is 29.5 Å². The number of likely N-dealkylation sites (N-methyl/N-ethyl adjacent to an activating group) is 1. The molecule has 0 radical (unpaired) electrons. The van der Waals surface area contributed by atoms with Crippen molar-refractivity contribution in [3.63, 3.8) is 0 Å². The van der Waals surface area contributed by atoms with Crippen LogP contribution < -0.4 is 5.73 Å². The molecule has 0 unspecified atom stereocenters. The van der Waals surface area contributed by atoms with Gasteiger partial charge in [0.15, 0.2) is 5.13 Å². The van der Waals surface area contributed by atoms with Crippen LogP contribution >= 0.6 is 47.5 Å². The topological polar surface area (TPSA) is 42.2 Å². The number of anilines is 1. The largest absolute Gasteiger partial charge is 0.375 e. The summed E-state index contributed by atoms with van der Waals surface area (Å²) in [5.41, 5.74) is 7.28. The molecular weight excluding hydrogens is 309 g/mol. The molecule has 102 valence electrons. The Morgan fingerprint density at radius 2 is 1.94 bits per heavy atom. The third-order valence-electron chi connectivity index (χ3n) is 3.22. The lowest BCUT2D eigenvalue weighted by molar-refractivity contribution is 0.304. The number of halogens is 2. The van der Waals surface area contributed by atoms with Crippen LogP contribution in [0.25, 0.3) is 9.53 Å². The van der Waals surface area contributed by atoms with Crippen LogP contribution in [0, 0.1) is 0 Å². The van der Waals surface area contributed by atoms with Crippen LogP contribution in [0.3, 0.4) is 0 Å². The first-order valence-electron chi connectivity index (χ1n) is 5.67. The maximum atomic E-state index is 5.76. The minimum absolute atomic E-state index is 0. The zero-order valence-electron chi connectivity index (χ0n) is 10.1. The predicted molar refractivity (Wildman–Crippen MR) is 85.9 cm³/mol. The van der Waals surface area contributed by atoms with E-state index in [0.717, 1.165) is 17.8 Å². The Labute approximate surface area is 127 Å². The average Bonchev–Trinajstić information content (AvgIpc) is 2.68. The fraction of sp³-hybridized carbons (Fsp3) is 0.545. The van der Waals surface area contributed by atoms with Gasteiger partial charge in [-0.25, -0.2) is 4.98 Å². The van der Waals surface area contributed by atoms with Crippen LogP contribution in [0.4, 0.5) is 5.13 Å². The van der Waals surface area contributed by atoms with Gasteiger partial charge in [0, 0.05) is 18.0 Å². The first-order chi connectivity index (χ1) is 7.78. The zero-order valence-corrected chi connectivity index (χ0v) is 13.4. The summed E-state index contributed by atoms with van der Waals surface area (Å²) in [5, 5.41) is 0.709. The first-order valence-corrected chi connectivity index (χ1v) is 7.30. The predicted octanol–water partition coefficient (Wildman–Crippen LogP) is 3.20. The second-order valence-electron chi connectivity index (χ2n) is 4.12. The van der Waals surface area contributed by atoms with Gasteiger partial charge in [-0.15, -0.1) is 36.2 Å². The second kappa shape index (κ2) is 6.39. The Kier molecular flexibility index (Phi) is 5.67. The van der Waals surface area contributed by atoms with Gasteiger partial charge in [0.05, 0.1) is 4.70 Å². The molecule has 0 aromatic carbocycles. The number of nitrogens with zero attached hydrogens (tertiary/aromatic N) is 2. The van der Waals surface area contributed by atoms with E-state index in [1.54, 1.807) is 11.3 Å². The number of hydrogen-bond acceptors (Lipinski definition) is 5. The smallest absolute Gasteiger partial charge is 0.181 e. The zero-order chi connectivity index (χ0) is 11.1. The Balaban J connectivity index is 0.000000810. The van der Waals surface area contributed by atoms with Gasteiger partial charge in [0.1, 0.15) is 4.83 Å². The SMILES string of the molecule is CCN1CCc2sc3nc(N)sc3c2CC1.Cl.Cl. The van der Waals surface area contributed by atoms with E-state index in [1.165, 1.54) is 34.7 Å². The van der Waals surface area contributed by atoms with Crippen LogP contribution in [0.2, 0.25) is 0 Å². The molecule has 0 saturated carbocycles. The van der Waals surface area contributed by atoms with Crippen molar-refractivity contribution in [3.05, 3.63) is 10.4 Å². The quantitative estimate of drug-likeness (QED) is 0.875. The highest BCUT2D eigenvalue weighted by atomic mass is 35.5. The molecule has 0 aliphatic carbocycles. The van der Waals surface area contributed by atoms with E-state index < -0.39 is 0 Å². The number of thiazole rings is 1. The Hall–Kier alpha value is -0.0700. The van der Waals surface area contributed by atoms with Crippen LogP contribution in [-0.2, 0) is 12.8 Å². The fourth-order valence-electron chi connectivity index (χ4n) is 2.30. The number of nitrogen functional groups attached to an aromatic ring is 1. The van der Waals surface area contributed by atoms with Gasteiger partial charge in [-0.2, -0.15) is 0 Å². The molecule has 2 aromatic heterocycles. The molecule has 0 saturated heterocycles. The Morgan fingerprint density at radius 1 is 1.22 bits per heavy atom. The summed E-state index contributed by atoms with van der Waals surface area (Å²) in [6.45, 7) is 5.75. The van der Waals surface area contributed by atoms with Gasteiger partial charge < -0.3 is 10.6 Å². The number of rotatable bonds is 1. The molecule has 1 aliphatic heterocycles. The molecule has 3 heterocycles. The van der Waals surface area contributed by atoms with Gasteiger partial charge in [0.2, 0.25) is 0 Å². The molecule has 0 atom stereocenters. The molecule has 0 amide bonds. The van der Waals surface area contributed by atoms with Crippen LogP contribution in [0.15, 0.2) is 0 Å². The monoisotopic (exact) mass is 325 g/mol. The molecule has 2 aromatic rings. The van der Waals surface area contributed by atoms with E-state index in [4.69, 9.17) is 5.73 Å². The molecule has 0 bridgehead atoms. The summed E-state index contributed by atoms with van der Waals surface area (Å²) in [6.07, 6.45) is 2.33. The molecule has 2 N–H and O–H groups in total. The molecule has 0 spiro atoms. The highest BCUT2D eigenvalue weighted by Gasteiger charge is 2.19. The Morgan fingerprint density at radius 3 is 2.67 bits per heavy atom. The first kappa shape index (κ1) is 16.0. The van der Waals surface area contributed by atoms with Crippen molar-refractivity contribution >= 4 is 62.1 Å². The van der Waals surface area contributed by atoms with Crippen molar-refractivity contribution < 1.29 is 0 Å². The molecule has 3 nitrogen and oxygen atoms in total. The van der Waals surface area contributed by atoms with Gasteiger partial charge in [-0.1, -0.05) is 18.3 Å². The van der Waals surface area contributed by atoms with Gasteiger partial charge >= 0.3 is 0 Å². The minimum Gasteiger partial charge on any atom is -0.375 e. The van der Waals surface area contributed by atoms with Gasteiger partial charge in [-0.05, 0) is 24.9 Å². The van der Waals surface area contributed by atoms with Crippen molar-refractivity contribution in [3.8, 4) is 0 Å². The fourth-order valence-corrected chi connectivity index (χ4v) is 4.61. The average molecular weight is 326 g/mol. The second-order valence-corrected chi connectivity index (χ2v) is 6.24. The number of hydrogen-bond donors (Lipinski definition) is 1. The van der Waals surface area contributed by atoms with E-state index in [1.807, 2.05) is 11.3 Å². The molecular formula is C11H17Cl2N3S2. The minimum atomic E-state index is 0. The summed E-state index contributed by atoms with van der Waals surface area (Å²) < 4.78 is 1.34. The Bertz CT molecular complexity index is 524. The third kappa shape index (κ3) is 2.75. The molecule has 0 fully saturated rings. The number of aromatic nitrogens is 1. The molecule has 18 heavy (non-hydrogen) atoms. The summed E-state index contributed by atoms with van der Waals surface area (Å²) in [5.74, 6) is 0. The van der Waals surface area contributed by atoms with E-state index >= 15 is 0 Å². The maximum absolute atomic E-state index is 5.76. The lowest BCUT2D eigenvalue weighted by Gasteiger charge is -2.16. The highest BCUT2D eigenvalue weighted by Crippen LogP contribution is 2.37. The van der Waals surface area contributed by atoms with E-state index in [9.17, 15) is 0 Å². The highest BCUT2D eigenvalue weighted by molar-refractivity contribution is 7.29. The van der Waals surface area contributed by atoms with Gasteiger partial charge in [0.25, 0.3) is 0 Å². The van der Waals surface area contributed by atoms with Crippen molar-refractivity contribution in [1.82, 2.24) is 9.88 Å². The summed E-state index contributed by atoms with van der Waals surface area (Å²) >= 11 is 3.49. The summed E-state index contributed by atoms with van der Waals surface area (Å²) in [6, 6.07) is 0. The molecule has 3 rings (SSSR count). The van der Waals surface area contributed by atoms with Crippen molar-refractivity contribution in [1.29, 1.82) is 0 Å². The van der Waals surface area contributed by atoms with Crippen molar-refractivity contribution in [2.45, 2.75) is 19.8 Å². The summed E-state index contributed by atoms with van der Waals surface area (Å²) in [7, 11) is 0. The lowest BCUT2D eigenvalue weighted by Crippen LogP contribution is -2.25. The van der Waals surface area contributed by atoms with E-state index in [2.05, 4.69) is 16.8 Å².